The molecule has 1 unspecified atom stereocenters. The minimum Gasteiger partial charge on any atom is -0.481 e. The van der Waals surface area contributed by atoms with Gasteiger partial charge in [-0.15, -0.1) is 0 Å². The van der Waals surface area contributed by atoms with Crippen LogP contribution in [0.2, 0.25) is 0 Å². The SMILES string of the molecule is O=C(O)CC(NC(=O)c1ccccc1)c1ccc(F)cc1. The Morgan fingerprint density at radius 1 is 1.05 bits per heavy atom. The molecule has 2 aromatic rings. The smallest absolute Gasteiger partial charge is 0.305 e. The van der Waals surface area contributed by atoms with Gasteiger partial charge in [-0.1, -0.05) is 30.3 Å². The molecule has 108 valence electrons. The summed E-state index contributed by atoms with van der Waals surface area (Å²) in [7, 11) is 0. The first-order valence-corrected chi connectivity index (χ1v) is 6.39. The monoisotopic (exact) mass is 287 g/mol. The van der Waals surface area contributed by atoms with Crippen LogP contribution in [0.25, 0.3) is 0 Å². The van der Waals surface area contributed by atoms with Gasteiger partial charge in [0.05, 0.1) is 12.5 Å². The number of rotatable bonds is 5. The van der Waals surface area contributed by atoms with Crippen molar-refractivity contribution in [3.63, 3.8) is 0 Å². The quantitative estimate of drug-likeness (QED) is 0.888. The van der Waals surface area contributed by atoms with Crippen molar-refractivity contribution in [3.05, 3.63) is 71.5 Å². The summed E-state index contributed by atoms with van der Waals surface area (Å²) in [6, 6.07) is 13.2. The molecular weight excluding hydrogens is 273 g/mol. The van der Waals surface area contributed by atoms with Gasteiger partial charge in [0, 0.05) is 5.56 Å². The van der Waals surface area contributed by atoms with Gasteiger partial charge in [-0.25, -0.2) is 4.39 Å². The third-order valence-electron chi connectivity index (χ3n) is 2.99. The summed E-state index contributed by atoms with van der Waals surface area (Å²) in [5.74, 6) is -1.83. The van der Waals surface area contributed by atoms with E-state index in [2.05, 4.69) is 5.32 Å². The molecule has 0 aliphatic carbocycles. The molecule has 0 saturated heterocycles. The van der Waals surface area contributed by atoms with Gasteiger partial charge in [0.2, 0.25) is 0 Å². The van der Waals surface area contributed by atoms with Crippen molar-refractivity contribution >= 4 is 11.9 Å². The van der Waals surface area contributed by atoms with E-state index in [1.54, 1.807) is 30.3 Å². The van der Waals surface area contributed by atoms with Crippen molar-refractivity contribution in [2.24, 2.45) is 0 Å². The van der Waals surface area contributed by atoms with Crippen molar-refractivity contribution in [2.45, 2.75) is 12.5 Å². The maximum absolute atomic E-state index is 12.9. The number of halogens is 1. The lowest BCUT2D eigenvalue weighted by Gasteiger charge is -2.17. The normalized spacial score (nSPS) is 11.7. The third-order valence-corrected chi connectivity index (χ3v) is 2.99. The van der Waals surface area contributed by atoms with Crippen LogP contribution in [-0.2, 0) is 4.79 Å². The average Bonchev–Trinajstić information content (AvgIpc) is 2.48. The molecular formula is C16H14FNO3. The highest BCUT2D eigenvalue weighted by atomic mass is 19.1. The molecule has 0 saturated carbocycles. The summed E-state index contributed by atoms with van der Waals surface area (Å²) in [4.78, 5) is 23.0. The fourth-order valence-electron chi connectivity index (χ4n) is 1.95. The zero-order valence-corrected chi connectivity index (χ0v) is 11.1. The summed E-state index contributed by atoms with van der Waals surface area (Å²) in [5, 5.41) is 11.6. The van der Waals surface area contributed by atoms with Crippen LogP contribution in [-0.4, -0.2) is 17.0 Å². The summed E-state index contributed by atoms with van der Waals surface area (Å²) in [5.41, 5.74) is 0.984. The summed E-state index contributed by atoms with van der Waals surface area (Å²) >= 11 is 0. The molecule has 1 amide bonds. The summed E-state index contributed by atoms with van der Waals surface area (Å²) < 4.78 is 12.9. The van der Waals surface area contributed by atoms with Crippen molar-refractivity contribution in [3.8, 4) is 0 Å². The largest absolute Gasteiger partial charge is 0.481 e. The van der Waals surface area contributed by atoms with Gasteiger partial charge >= 0.3 is 5.97 Å². The van der Waals surface area contributed by atoms with E-state index >= 15 is 0 Å². The second-order valence-corrected chi connectivity index (χ2v) is 4.54. The van der Waals surface area contributed by atoms with E-state index in [-0.39, 0.29) is 12.3 Å². The van der Waals surface area contributed by atoms with Gasteiger partial charge in [-0.3, -0.25) is 9.59 Å². The van der Waals surface area contributed by atoms with E-state index in [9.17, 15) is 14.0 Å². The van der Waals surface area contributed by atoms with E-state index in [0.717, 1.165) is 0 Å². The number of carboxylic acid groups (broad SMARTS) is 1. The van der Waals surface area contributed by atoms with Crippen molar-refractivity contribution in [1.82, 2.24) is 5.32 Å². The van der Waals surface area contributed by atoms with Crippen LogP contribution >= 0.6 is 0 Å². The van der Waals surface area contributed by atoms with Crippen LogP contribution < -0.4 is 5.32 Å². The fourth-order valence-corrected chi connectivity index (χ4v) is 1.95. The molecule has 2 aromatic carbocycles. The molecule has 0 fully saturated rings. The average molecular weight is 287 g/mol. The van der Waals surface area contributed by atoms with Crippen molar-refractivity contribution in [2.75, 3.05) is 0 Å². The summed E-state index contributed by atoms with van der Waals surface area (Å²) in [6.45, 7) is 0. The highest BCUT2D eigenvalue weighted by Crippen LogP contribution is 2.18. The highest BCUT2D eigenvalue weighted by molar-refractivity contribution is 5.94. The topological polar surface area (TPSA) is 66.4 Å². The number of benzene rings is 2. The minimum atomic E-state index is -1.04. The number of nitrogens with one attached hydrogen (secondary N) is 1. The maximum atomic E-state index is 12.9. The number of aliphatic carboxylic acids is 1. The first-order valence-electron chi connectivity index (χ1n) is 6.39. The Hall–Kier alpha value is -2.69. The molecule has 5 heteroatoms. The van der Waals surface area contributed by atoms with E-state index in [0.29, 0.717) is 11.1 Å². The molecule has 0 spiro atoms. The lowest BCUT2D eigenvalue weighted by atomic mass is 10.0. The molecule has 21 heavy (non-hydrogen) atoms. The second kappa shape index (κ2) is 6.65. The van der Waals surface area contributed by atoms with Crippen LogP contribution in [0.3, 0.4) is 0 Å². The zero-order chi connectivity index (χ0) is 15.2. The lowest BCUT2D eigenvalue weighted by Crippen LogP contribution is -2.30. The molecule has 4 nitrogen and oxygen atoms in total. The predicted molar refractivity (Wildman–Crippen MR) is 75.3 cm³/mol. The number of amides is 1. The van der Waals surface area contributed by atoms with E-state index in [1.165, 1.54) is 24.3 Å². The first-order chi connectivity index (χ1) is 10.1. The van der Waals surface area contributed by atoms with Crippen molar-refractivity contribution < 1.29 is 19.1 Å². The van der Waals surface area contributed by atoms with Gasteiger partial charge in [0.1, 0.15) is 5.82 Å². The molecule has 0 aliphatic heterocycles. The van der Waals surface area contributed by atoms with E-state index in [4.69, 9.17) is 5.11 Å². The first kappa shape index (κ1) is 14.7. The molecule has 1 atom stereocenters. The van der Waals surface area contributed by atoms with Gasteiger partial charge in [0.25, 0.3) is 5.91 Å². The third kappa shape index (κ3) is 4.14. The molecule has 0 aliphatic rings. The van der Waals surface area contributed by atoms with Crippen LogP contribution in [0.15, 0.2) is 54.6 Å². The number of hydrogen-bond donors (Lipinski definition) is 2. The van der Waals surface area contributed by atoms with Crippen LogP contribution in [0.1, 0.15) is 28.4 Å². The Morgan fingerprint density at radius 3 is 2.24 bits per heavy atom. The minimum absolute atomic E-state index is 0.274. The predicted octanol–water partition coefficient (Wildman–Crippen LogP) is 2.77. The van der Waals surface area contributed by atoms with E-state index in [1.807, 2.05) is 0 Å². The van der Waals surface area contributed by atoms with Gasteiger partial charge in [0.15, 0.2) is 0 Å². The standard InChI is InChI=1S/C16H14FNO3/c17-13-8-6-11(7-9-13)14(10-15(19)20)18-16(21)12-4-2-1-3-5-12/h1-9,14H,10H2,(H,18,21)(H,19,20). The van der Waals surface area contributed by atoms with Crippen LogP contribution in [0.5, 0.6) is 0 Å². The maximum Gasteiger partial charge on any atom is 0.305 e. The fraction of sp³-hybridized carbons (Fsp3) is 0.125. The molecule has 0 radical (unpaired) electrons. The van der Waals surface area contributed by atoms with Gasteiger partial charge < -0.3 is 10.4 Å². The Labute approximate surface area is 121 Å². The molecule has 2 N–H and O–H groups in total. The Balaban J connectivity index is 2.18. The molecule has 0 bridgehead atoms. The zero-order valence-electron chi connectivity index (χ0n) is 11.1. The molecule has 0 heterocycles. The number of carbonyl (C=O) groups excluding carboxylic acids is 1. The van der Waals surface area contributed by atoms with E-state index < -0.39 is 17.8 Å². The van der Waals surface area contributed by atoms with Crippen LogP contribution in [0.4, 0.5) is 4.39 Å². The molecule has 2 rings (SSSR count). The number of carbonyl (C=O) groups is 2. The van der Waals surface area contributed by atoms with Crippen molar-refractivity contribution in [1.29, 1.82) is 0 Å². The number of hydrogen-bond acceptors (Lipinski definition) is 2. The highest BCUT2D eigenvalue weighted by Gasteiger charge is 2.18. The lowest BCUT2D eigenvalue weighted by molar-refractivity contribution is -0.137. The Bertz CT molecular complexity index is 626. The second-order valence-electron chi connectivity index (χ2n) is 4.54. The van der Waals surface area contributed by atoms with Gasteiger partial charge in [-0.2, -0.15) is 0 Å². The number of carboxylic acids is 1. The Kier molecular flexibility index (Phi) is 4.66. The Morgan fingerprint density at radius 2 is 1.67 bits per heavy atom. The summed E-state index contributed by atoms with van der Waals surface area (Å²) in [6.07, 6.45) is -0.274. The molecule has 0 aromatic heterocycles. The van der Waals surface area contributed by atoms with Gasteiger partial charge in [-0.05, 0) is 29.8 Å². The van der Waals surface area contributed by atoms with Crippen LogP contribution in [0, 0.1) is 5.82 Å².